The molecule has 0 radical (unpaired) electrons. The molecule has 2 N–H and O–H groups in total. The van der Waals surface area contributed by atoms with E-state index in [-0.39, 0.29) is 31.3 Å². The van der Waals surface area contributed by atoms with Crippen molar-refractivity contribution in [1.82, 2.24) is 10.2 Å². The Hall–Kier alpha value is -3.62. The third-order valence-corrected chi connectivity index (χ3v) is 3.83. The highest BCUT2D eigenvalue weighted by Crippen LogP contribution is 2.10. The number of furan rings is 1. The first-order valence-electron chi connectivity index (χ1n) is 8.88. The molecule has 9 nitrogen and oxygen atoms in total. The number of amides is 3. The fourth-order valence-electron chi connectivity index (χ4n) is 2.34. The lowest BCUT2D eigenvalue weighted by Gasteiger charge is -2.16. The molecule has 1 aromatic carbocycles. The van der Waals surface area contributed by atoms with Crippen LogP contribution in [0, 0.1) is 0 Å². The van der Waals surface area contributed by atoms with Crippen LogP contribution < -0.4 is 10.6 Å². The van der Waals surface area contributed by atoms with Crippen molar-refractivity contribution in [3.8, 4) is 0 Å². The quantitative estimate of drug-likeness (QED) is 0.608. The number of hydrogen-bond acceptors (Lipinski definition) is 6. The summed E-state index contributed by atoms with van der Waals surface area (Å²) in [5, 5.41) is 5.25. The molecule has 1 aromatic heterocycles. The molecule has 9 heteroatoms. The summed E-state index contributed by atoms with van der Waals surface area (Å²) >= 11 is 0. The summed E-state index contributed by atoms with van der Waals surface area (Å²) in [5.41, 5.74) is 1.30. The lowest BCUT2D eigenvalue weighted by Crippen LogP contribution is -2.40. The van der Waals surface area contributed by atoms with Gasteiger partial charge in [-0.3, -0.25) is 19.2 Å². The van der Waals surface area contributed by atoms with E-state index in [1.165, 1.54) is 25.1 Å². The summed E-state index contributed by atoms with van der Waals surface area (Å²) < 4.78 is 10.1. The topological polar surface area (TPSA) is 118 Å². The van der Waals surface area contributed by atoms with Crippen LogP contribution in [0.5, 0.6) is 0 Å². The normalized spacial score (nSPS) is 10.1. The van der Waals surface area contributed by atoms with Crippen LogP contribution >= 0.6 is 0 Å². The molecule has 2 aromatic rings. The lowest BCUT2D eigenvalue weighted by atomic mass is 10.1. The number of benzene rings is 1. The van der Waals surface area contributed by atoms with Crippen LogP contribution in [0.1, 0.15) is 18.2 Å². The van der Waals surface area contributed by atoms with Gasteiger partial charge in [-0.25, -0.2) is 0 Å². The van der Waals surface area contributed by atoms with E-state index in [1.54, 1.807) is 36.4 Å². The van der Waals surface area contributed by atoms with E-state index in [2.05, 4.69) is 10.6 Å². The molecular weight excluding hydrogens is 378 g/mol. The van der Waals surface area contributed by atoms with Gasteiger partial charge in [-0.15, -0.1) is 0 Å². The third kappa shape index (κ3) is 7.87. The van der Waals surface area contributed by atoms with Crippen molar-refractivity contribution in [2.24, 2.45) is 0 Å². The molecule has 1 heterocycles. The molecule has 0 unspecified atom stereocenters. The number of esters is 1. The van der Waals surface area contributed by atoms with Crippen molar-refractivity contribution in [3.63, 3.8) is 0 Å². The number of likely N-dealkylation sites (N-methyl/N-ethyl adjacent to an activating group) is 1. The minimum Gasteiger partial charge on any atom is -0.467 e. The summed E-state index contributed by atoms with van der Waals surface area (Å²) in [6.45, 7) is 1.01. The van der Waals surface area contributed by atoms with Crippen molar-refractivity contribution in [2.45, 2.75) is 19.9 Å². The first-order valence-corrected chi connectivity index (χ1v) is 8.88. The van der Waals surface area contributed by atoms with Crippen molar-refractivity contribution in [3.05, 3.63) is 54.0 Å². The van der Waals surface area contributed by atoms with Gasteiger partial charge in [-0.2, -0.15) is 0 Å². The van der Waals surface area contributed by atoms with Crippen molar-refractivity contribution in [2.75, 3.05) is 25.5 Å². The van der Waals surface area contributed by atoms with Gasteiger partial charge in [0.05, 0.1) is 25.8 Å². The molecule has 0 fully saturated rings. The zero-order valence-corrected chi connectivity index (χ0v) is 16.3. The minimum atomic E-state index is -0.568. The van der Waals surface area contributed by atoms with Crippen LogP contribution in [0.2, 0.25) is 0 Å². The van der Waals surface area contributed by atoms with Crippen LogP contribution in [0.4, 0.5) is 5.69 Å². The zero-order chi connectivity index (χ0) is 21.2. The summed E-state index contributed by atoms with van der Waals surface area (Å²) in [6, 6.07) is 10.1. The van der Waals surface area contributed by atoms with Gasteiger partial charge in [0.2, 0.25) is 11.8 Å². The Labute approximate surface area is 168 Å². The van der Waals surface area contributed by atoms with Crippen molar-refractivity contribution in [1.29, 1.82) is 0 Å². The number of nitrogens with zero attached hydrogens (tertiary/aromatic N) is 1. The van der Waals surface area contributed by atoms with Crippen LogP contribution in [-0.2, 0) is 36.9 Å². The Morgan fingerprint density at radius 3 is 2.45 bits per heavy atom. The second-order valence-corrected chi connectivity index (χ2v) is 6.32. The van der Waals surface area contributed by atoms with Crippen LogP contribution in [-0.4, -0.2) is 48.8 Å². The van der Waals surface area contributed by atoms with E-state index in [9.17, 15) is 19.2 Å². The standard InChI is InChI=1S/C20H23N3O6/c1-14(24)22-16-7-5-15(6-8-16)10-20(27)29-13-19(26)23(2)12-18(25)21-11-17-4-3-9-28-17/h3-9H,10-13H2,1-2H3,(H,21,25)(H,22,24). The van der Waals surface area contributed by atoms with Gasteiger partial charge in [0.25, 0.3) is 5.91 Å². The highest BCUT2D eigenvalue weighted by atomic mass is 16.5. The number of ether oxygens (including phenoxy) is 1. The fourth-order valence-corrected chi connectivity index (χ4v) is 2.34. The number of hydrogen-bond donors (Lipinski definition) is 2. The molecule has 0 atom stereocenters. The first kappa shape index (κ1) is 21.7. The second kappa shape index (κ2) is 10.6. The number of carbonyl (C=O) groups is 4. The van der Waals surface area contributed by atoms with E-state index in [0.717, 1.165) is 0 Å². The fraction of sp³-hybridized carbons (Fsp3) is 0.300. The molecule has 3 amide bonds. The highest BCUT2D eigenvalue weighted by Gasteiger charge is 2.15. The van der Waals surface area contributed by atoms with Gasteiger partial charge in [0, 0.05) is 19.7 Å². The average Bonchev–Trinajstić information content (AvgIpc) is 3.19. The summed E-state index contributed by atoms with van der Waals surface area (Å²) in [7, 11) is 1.45. The van der Waals surface area contributed by atoms with Gasteiger partial charge in [0.15, 0.2) is 6.61 Å². The summed E-state index contributed by atoms with van der Waals surface area (Å²) in [4.78, 5) is 47.9. The molecule has 0 aliphatic heterocycles. The van der Waals surface area contributed by atoms with E-state index < -0.39 is 18.5 Å². The molecule has 0 aliphatic rings. The van der Waals surface area contributed by atoms with Crippen LogP contribution in [0.3, 0.4) is 0 Å². The predicted octanol–water partition coefficient (Wildman–Crippen LogP) is 1.10. The Kier molecular flexibility index (Phi) is 7.96. The summed E-state index contributed by atoms with van der Waals surface area (Å²) in [6.07, 6.45) is 1.49. The monoisotopic (exact) mass is 401 g/mol. The lowest BCUT2D eigenvalue weighted by molar-refractivity contribution is -0.151. The summed E-state index contributed by atoms with van der Waals surface area (Å²) in [5.74, 6) is -1.00. The second-order valence-electron chi connectivity index (χ2n) is 6.32. The maximum Gasteiger partial charge on any atom is 0.310 e. The van der Waals surface area contributed by atoms with E-state index in [0.29, 0.717) is 17.0 Å². The predicted molar refractivity (Wildman–Crippen MR) is 104 cm³/mol. The Morgan fingerprint density at radius 2 is 1.83 bits per heavy atom. The largest absolute Gasteiger partial charge is 0.467 e. The number of nitrogens with one attached hydrogen (secondary N) is 2. The molecule has 154 valence electrons. The molecule has 0 spiro atoms. The van der Waals surface area contributed by atoms with E-state index >= 15 is 0 Å². The third-order valence-electron chi connectivity index (χ3n) is 3.83. The number of carbonyl (C=O) groups excluding carboxylic acids is 4. The molecular formula is C20H23N3O6. The Bertz CT molecular complexity index is 846. The molecule has 29 heavy (non-hydrogen) atoms. The van der Waals surface area contributed by atoms with Crippen LogP contribution in [0.25, 0.3) is 0 Å². The average molecular weight is 401 g/mol. The number of anilines is 1. The molecule has 0 saturated carbocycles. The smallest absolute Gasteiger partial charge is 0.310 e. The molecule has 0 saturated heterocycles. The van der Waals surface area contributed by atoms with Crippen molar-refractivity contribution < 1.29 is 28.3 Å². The van der Waals surface area contributed by atoms with Crippen LogP contribution in [0.15, 0.2) is 47.1 Å². The van der Waals surface area contributed by atoms with Gasteiger partial charge >= 0.3 is 5.97 Å². The molecule has 0 bridgehead atoms. The van der Waals surface area contributed by atoms with Gasteiger partial charge < -0.3 is 24.7 Å². The Balaban J connectivity index is 1.69. The first-order chi connectivity index (χ1) is 13.8. The van der Waals surface area contributed by atoms with Gasteiger partial charge in [0.1, 0.15) is 5.76 Å². The van der Waals surface area contributed by atoms with Crippen molar-refractivity contribution >= 4 is 29.4 Å². The Morgan fingerprint density at radius 1 is 1.10 bits per heavy atom. The zero-order valence-electron chi connectivity index (χ0n) is 16.3. The SMILES string of the molecule is CC(=O)Nc1ccc(CC(=O)OCC(=O)N(C)CC(=O)NCc2ccco2)cc1. The van der Waals surface area contributed by atoms with Gasteiger partial charge in [-0.1, -0.05) is 12.1 Å². The molecule has 2 rings (SSSR count). The highest BCUT2D eigenvalue weighted by molar-refractivity contribution is 5.89. The van der Waals surface area contributed by atoms with Gasteiger partial charge in [-0.05, 0) is 29.8 Å². The molecule has 0 aliphatic carbocycles. The maximum atomic E-state index is 12.0. The maximum absolute atomic E-state index is 12.0. The van der Waals surface area contributed by atoms with E-state index in [1.807, 2.05) is 0 Å². The minimum absolute atomic E-state index is 0.0129. The van der Waals surface area contributed by atoms with E-state index in [4.69, 9.17) is 9.15 Å². The number of rotatable bonds is 9.